The van der Waals surface area contributed by atoms with Crippen molar-refractivity contribution in [2.24, 2.45) is 0 Å². The normalized spacial score (nSPS) is 13.2. The molecule has 5 rings (SSSR count). The van der Waals surface area contributed by atoms with Crippen LogP contribution in [0, 0.1) is 13.8 Å². The highest BCUT2D eigenvalue weighted by atomic mass is 79.9. The summed E-state index contributed by atoms with van der Waals surface area (Å²) in [5, 5.41) is 10.2. The molecule has 0 saturated heterocycles. The molecule has 8 nitrogen and oxygen atoms in total. The van der Waals surface area contributed by atoms with Gasteiger partial charge in [0.1, 0.15) is 0 Å². The summed E-state index contributed by atoms with van der Waals surface area (Å²) in [5.41, 5.74) is 5.99. The molecule has 0 atom stereocenters. The molecule has 2 N–H and O–H groups in total. The van der Waals surface area contributed by atoms with Gasteiger partial charge in [0.05, 0.1) is 42.2 Å². The fourth-order valence-corrected chi connectivity index (χ4v) is 4.30. The van der Waals surface area contributed by atoms with Crippen LogP contribution >= 0.6 is 15.9 Å². The maximum absolute atomic E-state index is 13.1. The SMILES string of the molecule is Cc1n[nH]c(C)c1CC(=O)N1Cc2nc3cc(-c4cccc(Br)c4)[nH]n3c(=O)c2C1. The van der Waals surface area contributed by atoms with Crippen molar-refractivity contribution in [3.05, 3.63) is 73.4 Å². The maximum Gasteiger partial charge on any atom is 0.278 e. The average molecular weight is 467 g/mol. The molecule has 0 fully saturated rings. The molecule has 0 aliphatic carbocycles. The minimum absolute atomic E-state index is 0.0384. The summed E-state index contributed by atoms with van der Waals surface area (Å²) < 4.78 is 2.41. The van der Waals surface area contributed by atoms with E-state index in [0.29, 0.717) is 23.4 Å². The summed E-state index contributed by atoms with van der Waals surface area (Å²) in [5.74, 6) is -0.0384. The highest BCUT2D eigenvalue weighted by Gasteiger charge is 2.29. The van der Waals surface area contributed by atoms with E-state index in [2.05, 4.69) is 36.2 Å². The molecule has 0 spiro atoms. The monoisotopic (exact) mass is 466 g/mol. The number of aromatic amines is 2. The number of amides is 1. The van der Waals surface area contributed by atoms with E-state index in [0.717, 1.165) is 32.7 Å². The lowest BCUT2D eigenvalue weighted by Gasteiger charge is -2.14. The van der Waals surface area contributed by atoms with Gasteiger partial charge in [-0.2, -0.15) is 5.10 Å². The molecular weight excluding hydrogens is 448 g/mol. The zero-order valence-corrected chi connectivity index (χ0v) is 18.1. The van der Waals surface area contributed by atoms with Crippen LogP contribution in [0.5, 0.6) is 0 Å². The first kappa shape index (κ1) is 18.8. The fraction of sp³-hybridized carbons (Fsp3) is 0.238. The highest BCUT2D eigenvalue weighted by molar-refractivity contribution is 9.10. The van der Waals surface area contributed by atoms with Crippen LogP contribution in [0.3, 0.4) is 0 Å². The van der Waals surface area contributed by atoms with Crippen LogP contribution in [0.4, 0.5) is 0 Å². The van der Waals surface area contributed by atoms with Gasteiger partial charge in [0, 0.05) is 27.4 Å². The van der Waals surface area contributed by atoms with E-state index in [1.54, 1.807) is 4.90 Å². The number of fused-ring (bicyclic) bond motifs is 2. The first-order chi connectivity index (χ1) is 14.4. The topological polar surface area (TPSA) is 99.2 Å². The Labute approximate surface area is 180 Å². The van der Waals surface area contributed by atoms with Crippen molar-refractivity contribution in [1.82, 2.24) is 29.7 Å². The van der Waals surface area contributed by atoms with Crippen molar-refractivity contribution >= 4 is 27.5 Å². The fourth-order valence-electron chi connectivity index (χ4n) is 3.90. The molecular formula is C21H19BrN6O2. The van der Waals surface area contributed by atoms with Crippen LogP contribution in [0.25, 0.3) is 16.9 Å². The Bertz CT molecular complexity index is 1350. The zero-order chi connectivity index (χ0) is 21.0. The standard InChI is InChI=1S/C21H19BrN6O2/c1-11-15(12(2)25-24-11)7-20(29)27-9-16-18(10-27)23-19-8-17(26-28(19)21(16)30)13-4-3-5-14(22)6-13/h3-6,8,26H,7,9-10H2,1-2H3,(H,24,25). The van der Waals surface area contributed by atoms with Gasteiger partial charge in [-0.15, -0.1) is 0 Å². The molecule has 9 heteroatoms. The minimum Gasteiger partial charge on any atom is -0.332 e. The van der Waals surface area contributed by atoms with Gasteiger partial charge >= 0.3 is 0 Å². The van der Waals surface area contributed by atoms with Gasteiger partial charge in [-0.05, 0) is 26.0 Å². The molecule has 1 aliphatic heterocycles. The number of aryl methyl sites for hydroxylation is 2. The predicted molar refractivity (Wildman–Crippen MR) is 115 cm³/mol. The summed E-state index contributed by atoms with van der Waals surface area (Å²) in [6.07, 6.45) is 0.258. The second kappa shape index (κ2) is 6.94. The average Bonchev–Trinajstić information content (AvgIpc) is 3.42. The molecule has 30 heavy (non-hydrogen) atoms. The van der Waals surface area contributed by atoms with Crippen molar-refractivity contribution < 1.29 is 4.79 Å². The number of benzene rings is 1. The lowest BCUT2D eigenvalue weighted by atomic mass is 10.1. The van der Waals surface area contributed by atoms with Gasteiger partial charge in [0.2, 0.25) is 5.91 Å². The smallest absolute Gasteiger partial charge is 0.278 e. The summed E-state index contributed by atoms with van der Waals surface area (Å²) in [6, 6.07) is 9.68. The van der Waals surface area contributed by atoms with Gasteiger partial charge in [0.25, 0.3) is 5.56 Å². The number of carbonyl (C=O) groups excluding carboxylic acids is 1. The molecule has 0 bridgehead atoms. The Kier molecular flexibility index (Phi) is 4.35. The summed E-state index contributed by atoms with van der Waals surface area (Å²) >= 11 is 3.47. The number of H-pyrrole nitrogens is 2. The third-order valence-electron chi connectivity index (χ3n) is 5.58. The lowest BCUT2D eigenvalue weighted by molar-refractivity contribution is -0.131. The number of nitrogens with zero attached hydrogens (tertiary/aromatic N) is 4. The molecule has 0 radical (unpaired) electrons. The van der Waals surface area contributed by atoms with Crippen molar-refractivity contribution in [3.8, 4) is 11.3 Å². The highest BCUT2D eigenvalue weighted by Crippen LogP contribution is 2.25. The van der Waals surface area contributed by atoms with Crippen LogP contribution in [-0.4, -0.2) is 35.6 Å². The van der Waals surface area contributed by atoms with Gasteiger partial charge < -0.3 is 4.90 Å². The summed E-state index contributed by atoms with van der Waals surface area (Å²) in [4.78, 5) is 32.2. The Morgan fingerprint density at radius 3 is 2.80 bits per heavy atom. The van der Waals surface area contributed by atoms with E-state index < -0.39 is 0 Å². The van der Waals surface area contributed by atoms with Crippen LogP contribution < -0.4 is 5.56 Å². The van der Waals surface area contributed by atoms with Crippen molar-refractivity contribution in [2.75, 3.05) is 0 Å². The number of hydrogen-bond donors (Lipinski definition) is 2. The van der Waals surface area contributed by atoms with Crippen LogP contribution in [0.2, 0.25) is 0 Å². The largest absolute Gasteiger partial charge is 0.332 e. The molecule has 3 aromatic heterocycles. The van der Waals surface area contributed by atoms with Gasteiger partial charge in [-0.25, -0.2) is 9.50 Å². The number of carbonyl (C=O) groups is 1. The predicted octanol–water partition coefficient (Wildman–Crippen LogP) is 2.88. The Morgan fingerprint density at radius 2 is 2.07 bits per heavy atom. The summed E-state index contributed by atoms with van der Waals surface area (Å²) in [7, 11) is 0. The van der Waals surface area contributed by atoms with E-state index in [4.69, 9.17) is 0 Å². The van der Waals surface area contributed by atoms with E-state index in [1.165, 1.54) is 4.52 Å². The van der Waals surface area contributed by atoms with E-state index >= 15 is 0 Å². The van der Waals surface area contributed by atoms with Crippen molar-refractivity contribution in [3.63, 3.8) is 0 Å². The number of aromatic nitrogens is 5. The summed E-state index contributed by atoms with van der Waals surface area (Å²) in [6.45, 7) is 4.39. The Morgan fingerprint density at radius 1 is 1.23 bits per heavy atom. The zero-order valence-electron chi connectivity index (χ0n) is 16.5. The molecule has 1 amide bonds. The van der Waals surface area contributed by atoms with E-state index in [-0.39, 0.29) is 24.4 Å². The van der Waals surface area contributed by atoms with E-state index in [9.17, 15) is 9.59 Å². The molecule has 1 aliphatic rings. The maximum atomic E-state index is 13.1. The lowest BCUT2D eigenvalue weighted by Crippen LogP contribution is -2.28. The second-order valence-corrected chi connectivity index (χ2v) is 8.47. The number of hydrogen-bond acceptors (Lipinski definition) is 4. The van der Waals surface area contributed by atoms with Crippen LogP contribution in [0.15, 0.2) is 39.6 Å². The second-order valence-electron chi connectivity index (χ2n) is 7.56. The van der Waals surface area contributed by atoms with Crippen molar-refractivity contribution in [2.45, 2.75) is 33.4 Å². The van der Waals surface area contributed by atoms with Crippen molar-refractivity contribution in [1.29, 1.82) is 0 Å². The van der Waals surface area contributed by atoms with Crippen LogP contribution in [-0.2, 0) is 24.3 Å². The number of halogens is 1. The van der Waals surface area contributed by atoms with Gasteiger partial charge in [0.15, 0.2) is 5.65 Å². The first-order valence-electron chi connectivity index (χ1n) is 9.58. The third-order valence-corrected chi connectivity index (χ3v) is 6.07. The first-order valence-corrected chi connectivity index (χ1v) is 10.4. The Hall–Kier alpha value is -3.20. The number of rotatable bonds is 3. The quantitative estimate of drug-likeness (QED) is 0.484. The molecule has 152 valence electrons. The third kappa shape index (κ3) is 3.06. The molecule has 1 aromatic carbocycles. The number of nitrogens with one attached hydrogen (secondary N) is 2. The van der Waals surface area contributed by atoms with E-state index in [1.807, 2.05) is 44.2 Å². The van der Waals surface area contributed by atoms with Gasteiger partial charge in [-0.1, -0.05) is 28.1 Å². The molecule has 0 unspecified atom stereocenters. The van der Waals surface area contributed by atoms with Gasteiger partial charge in [-0.3, -0.25) is 19.8 Å². The molecule has 0 saturated carbocycles. The molecule has 4 heterocycles. The molecule has 4 aromatic rings. The van der Waals surface area contributed by atoms with Crippen LogP contribution in [0.1, 0.15) is 28.2 Å². The minimum atomic E-state index is -0.165. The Balaban J connectivity index is 1.45.